The van der Waals surface area contributed by atoms with Crippen molar-refractivity contribution in [3.63, 3.8) is 0 Å². The van der Waals surface area contributed by atoms with Gasteiger partial charge in [-0.2, -0.15) is 4.31 Å². The number of hydrogen-bond donors (Lipinski definition) is 3. The third-order valence-corrected chi connectivity index (χ3v) is 6.33. The first-order valence-corrected chi connectivity index (χ1v) is 10.9. The Morgan fingerprint density at radius 1 is 1.42 bits per heavy atom. The third kappa shape index (κ3) is 6.77. The van der Waals surface area contributed by atoms with E-state index in [9.17, 15) is 13.5 Å². The quantitative estimate of drug-likeness (QED) is 0.251. The maximum atomic E-state index is 11.8. The largest absolute Gasteiger partial charge is 0.396 e. The standard InChI is InChI=1S/C16H32N4O4S.HI/c1-3-17-15(19-12-16(6-9-21)7-10-24-13-16)18-11-14-5-4-8-20(14)25(2,22)23;/h14,21H,3-13H2,1-2H3,(H2,17,18,19);1H/t14-,16?;/m1./s1. The first-order chi connectivity index (χ1) is 11.9. The molecule has 0 radical (unpaired) electrons. The number of nitrogens with zero attached hydrogens (tertiary/aromatic N) is 2. The maximum absolute atomic E-state index is 11.8. The number of guanidine groups is 1. The van der Waals surface area contributed by atoms with Crippen molar-refractivity contribution >= 4 is 40.0 Å². The number of nitrogens with one attached hydrogen (secondary N) is 2. The summed E-state index contributed by atoms with van der Waals surface area (Å²) in [5.74, 6) is 0.687. The molecule has 0 bridgehead atoms. The van der Waals surface area contributed by atoms with Crippen LogP contribution in [0.15, 0.2) is 4.99 Å². The lowest BCUT2D eigenvalue weighted by atomic mass is 9.84. The Bertz CT molecular complexity index is 552. The fraction of sp³-hybridized carbons (Fsp3) is 0.938. The highest BCUT2D eigenvalue weighted by Crippen LogP contribution is 2.32. The smallest absolute Gasteiger partial charge is 0.211 e. The average Bonchev–Trinajstić information content (AvgIpc) is 3.19. The fourth-order valence-electron chi connectivity index (χ4n) is 3.54. The molecule has 2 fully saturated rings. The Morgan fingerprint density at radius 2 is 2.19 bits per heavy atom. The van der Waals surface area contributed by atoms with E-state index >= 15 is 0 Å². The van der Waals surface area contributed by atoms with Gasteiger partial charge < -0.3 is 20.5 Å². The van der Waals surface area contributed by atoms with E-state index in [0.29, 0.717) is 45.2 Å². The second-order valence-electron chi connectivity index (χ2n) is 7.02. The molecule has 2 saturated heterocycles. The van der Waals surface area contributed by atoms with E-state index in [0.717, 1.165) is 25.8 Å². The number of sulfonamides is 1. The lowest BCUT2D eigenvalue weighted by Gasteiger charge is -2.26. The highest BCUT2D eigenvalue weighted by Gasteiger charge is 2.34. The van der Waals surface area contributed by atoms with Crippen LogP contribution < -0.4 is 10.6 Å². The minimum absolute atomic E-state index is 0. The van der Waals surface area contributed by atoms with Crippen LogP contribution in [0, 0.1) is 5.41 Å². The highest BCUT2D eigenvalue weighted by molar-refractivity contribution is 14.0. The van der Waals surface area contributed by atoms with Crippen molar-refractivity contribution < 1.29 is 18.3 Å². The molecule has 0 aromatic heterocycles. The second kappa shape index (κ2) is 11.0. The summed E-state index contributed by atoms with van der Waals surface area (Å²) in [5.41, 5.74) is -0.0940. The molecule has 0 saturated carbocycles. The van der Waals surface area contributed by atoms with Gasteiger partial charge in [0.25, 0.3) is 0 Å². The van der Waals surface area contributed by atoms with Crippen LogP contribution in [-0.2, 0) is 14.8 Å². The van der Waals surface area contributed by atoms with Crippen LogP contribution in [0.5, 0.6) is 0 Å². The van der Waals surface area contributed by atoms with Gasteiger partial charge >= 0.3 is 0 Å². The first kappa shape index (κ1) is 23.9. The minimum atomic E-state index is -3.17. The number of aliphatic hydroxyl groups is 1. The van der Waals surface area contributed by atoms with Crippen LogP contribution in [0.3, 0.4) is 0 Å². The summed E-state index contributed by atoms with van der Waals surface area (Å²) < 4.78 is 30.8. The van der Waals surface area contributed by atoms with E-state index in [-0.39, 0.29) is 42.0 Å². The zero-order chi connectivity index (χ0) is 18.3. The van der Waals surface area contributed by atoms with E-state index in [1.807, 2.05) is 6.92 Å². The molecule has 2 heterocycles. The Labute approximate surface area is 174 Å². The molecular formula is C16H33IN4O4S. The van der Waals surface area contributed by atoms with Gasteiger partial charge in [-0.25, -0.2) is 8.42 Å². The molecule has 2 atom stereocenters. The van der Waals surface area contributed by atoms with Gasteiger partial charge in [-0.15, -0.1) is 24.0 Å². The van der Waals surface area contributed by atoms with Crippen LogP contribution in [0.25, 0.3) is 0 Å². The molecule has 154 valence electrons. The van der Waals surface area contributed by atoms with Crippen molar-refractivity contribution in [2.75, 3.05) is 52.3 Å². The van der Waals surface area contributed by atoms with E-state index in [2.05, 4.69) is 15.6 Å². The average molecular weight is 504 g/mol. The third-order valence-electron chi connectivity index (χ3n) is 5.00. The molecule has 8 nitrogen and oxygen atoms in total. The molecule has 2 rings (SSSR count). The zero-order valence-corrected chi connectivity index (χ0v) is 18.9. The Balaban J connectivity index is 0.00000338. The molecule has 0 spiro atoms. The lowest BCUT2D eigenvalue weighted by molar-refractivity contribution is 0.131. The first-order valence-electron chi connectivity index (χ1n) is 9.08. The van der Waals surface area contributed by atoms with Gasteiger partial charge in [0, 0.05) is 44.3 Å². The van der Waals surface area contributed by atoms with Crippen LogP contribution in [-0.4, -0.2) is 82.1 Å². The van der Waals surface area contributed by atoms with Gasteiger partial charge in [0.1, 0.15) is 0 Å². The van der Waals surface area contributed by atoms with Crippen molar-refractivity contribution in [3.05, 3.63) is 0 Å². The molecule has 1 unspecified atom stereocenters. The van der Waals surface area contributed by atoms with Crippen molar-refractivity contribution in [2.24, 2.45) is 10.4 Å². The number of hydrogen-bond acceptors (Lipinski definition) is 5. The number of rotatable bonds is 8. The SMILES string of the molecule is CCNC(=NCC1(CCO)CCOC1)NC[C@H]1CCCN1S(C)(=O)=O.I. The monoisotopic (exact) mass is 504 g/mol. The van der Waals surface area contributed by atoms with Gasteiger partial charge in [-0.3, -0.25) is 4.99 Å². The Kier molecular flexibility index (Phi) is 10.1. The summed E-state index contributed by atoms with van der Waals surface area (Å²) in [6.45, 7) is 5.93. The molecule has 0 aromatic rings. The number of ether oxygens (including phenoxy) is 1. The van der Waals surface area contributed by atoms with E-state index in [1.54, 1.807) is 4.31 Å². The second-order valence-corrected chi connectivity index (χ2v) is 8.96. The number of aliphatic hydroxyl groups excluding tert-OH is 1. The van der Waals surface area contributed by atoms with E-state index in [1.165, 1.54) is 6.26 Å². The topological polar surface area (TPSA) is 103 Å². The van der Waals surface area contributed by atoms with Gasteiger partial charge in [0.15, 0.2) is 5.96 Å². The van der Waals surface area contributed by atoms with Crippen molar-refractivity contribution in [1.29, 1.82) is 0 Å². The molecule has 0 amide bonds. The van der Waals surface area contributed by atoms with Crippen LogP contribution >= 0.6 is 24.0 Å². The summed E-state index contributed by atoms with van der Waals surface area (Å²) in [5, 5.41) is 15.8. The number of halogens is 1. The predicted molar refractivity (Wildman–Crippen MR) is 114 cm³/mol. The Morgan fingerprint density at radius 3 is 2.77 bits per heavy atom. The summed E-state index contributed by atoms with van der Waals surface area (Å²) in [4.78, 5) is 4.67. The lowest BCUT2D eigenvalue weighted by Crippen LogP contribution is -2.46. The van der Waals surface area contributed by atoms with E-state index in [4.69, 9.17) is 4.74 Å². The van der Waals surface area contributed by atoms with Crippen LogP contribution in [0.1, 0.15) is 32.6 Å². The minimum Gasteiger partial charge on any atom is -0.396 e. The Hall–Kier alpha value is -0.170. The molecule has 26 heavy (non-hydrogen) atoms. The van der Waals surface area contributed by atoms with Gasteiger partial charge in [-0.1, -0.05) is 0 Å². The molecular weight excluding hydrogens is 471 g/mol. The molecule has 2 aliphatic rings. The zero-order valence-electron chi connectivity index (χ0n) is 15.7. The summed E-state index contributed by atoms with van der Waals surface area (Å²) >= 11 is 0. The van der Waals surface area contributed by atoms with E-state index < -0.39 is 10.0 Å². The normalized spacial score (nSPS) is 27.3. The van der Waals surface area contributed by atoms with Gasteiger partial charge in [0.2, 0.25) is 10.0 Å². The molecule has 10 heteroatoms. The maximum Gasteiger partial charge on any atom is 0.211 e. The van der Waals surface area contributed by atoms with Crippen LogP contribution in [0.4, 0.5) is 0 Å². The van der Waals surface area contributed by atoms with Crippen molar-refractivity contribution in [2.45, 2.75) is 38.6 Å². The van der Waals surface area contributed by atoms with Gasteiger partial charge in [0.05, 0.1) is 19.4 Å². The summed E-state index contributed by atoms with van der Waals surface area (Å²) in [7, 11) is -3.17. The van der Waals surface area contributed by atoms with Crippen LogP contribution in [0.2, 0.25) is 0 Å². The number of aliphatic imine (C=N–C) groups is 1. The predicted octanol–water partition coefficient (Wildman–Crippen LogP) is 0.373. The van der Waals surface area contributed by atoms with Crippen molar-refractivity contribution in [1.82, 2.24) is 14.9 Å². The molecule has 3 N–H and O–H groups in total. The van der Waals surface area contributed by atoms with Crippen molar-refractivity contribution in [3.8, 4) is 0 Å². The molecule has 2 aliphatic heterocycles. The molecule has 0 aromatic carbocycles. The highest BCUT2D eigenvalue weighted by atomic mass is 127. The van der Waals surface area contributed by atoms with Gasteiger partial charge in [-0.05, 0) is 32.6 Å². The fourth-order valence-corrected chi connectivity index (χ4v) is 4.72. The molecule has 0 aliphatic carbocycles. The summed E-state index contributed by atoms with van der Waals surface area (Å²) in [6.07, 6.45) is 4.61. The summed E-state index contributed by atoms with van der Waals surface area (Å²) in [6, 6.07) is -0.0277.